The Morgan fingerprint density at radius 2 is 2.06 bits per heavy atom. The highest BCUT2D eigenvalue weighted by molar-refractivity contribution is 7.85. The van der Waals surface area contributed by atoms with Gasteiger partial charge in [0.25, 0.3) is 0 Å². The van der Waals surface area contributed by atoms with Crippen LogP contribution in [0.1, 0.15) is 37.9 Å². The Morgan fingerprint density at radius 1 is 1.35 bits per heavy atom. The predicted octanol–water partition coefficient (Wildman–Crippen LogP) is 2.79. The van der Waals surface area contributed by atoms with Crippen molar-refractivity contribution in [2.24, 2.45) is 5.92 Å². The van der Waals surface area contributed by atoms with Crippen molar-refractivity contribution in [3.8, 4) is 0 Å². The van der Waals surface area contributed by atoms with Crippen LogP contribution in [0.4, 0.5) is 0 Å². The van der Waals surface area contributed by atoms with E-state index in [0.717, 1.165) is 17.0 Å². The summed E-state index contributed by atoms with van der Waals surface area (Å²) in [7, 11) is -0.866. The zero-order valence-corrected chi connectivity index (χ0v) is 11.8. The van der Waals surface area contributed by atoms with Crippen LogP contribution in [0, 0.1) is 12.8 Å². The van der Waals surface area contributed by atoms with E-state index in [0.29, 0.717) is 12.0 Å². The fraction of sp³-hybridized carbons (Fsp3) is 0.571. The maximum atomic E-state index is 12.5. The maximum Gasteiger partial charge on any atom is 0.0567 e. The number of hydrogen-bond acceptors (Lipinski definition) is 2. The predicted molar refractivity (Wildman–Crippen MR) is 72.6 cm³/mol. The van der Waals surface area contributed by atoms with E-state index < -0.39 is 10.8 Å². The maximum absolute atomic E-state index is 12.5. The van der Waals surface area contributed by atoms with E-state index in [-0.39, 0.29) is 5.25 Å². The molecule has 2 nitrogen and oxygen atoms in total. The van der Waals surface area contributed by atoms with Gasteiger partial charge in [0.05, 0.1) is 10.8 Å². The number of nitrogens with one attached hydrogen (secondary N) is 1. The van der Waals surface area contributed by atoms with Crippen LogP contribution < -0.4 is 5.32 Å². The van der Waals surface area contributed by atoms with Crippen molar-refractivity contribution in [1.29, 1.82) is 0 Å². The van der Waals surface area contributed by atoms with Crippen molar-refractivity contribution in [2.45, 2.75) is 43.9 Å². The molecular weight excluding hydrogens is 230 g/mol. The van der Waals surface area contributed by atoms with Crippen LogP contribution in [0.2, 0.25) is 0 Å². The first kappa shape index (κ1) is 12.8. The first-order valence-electron chi connectivity index (χ1n) is 6.31. The molecule has 4 atom stereocenters. The fourth-order valence-corrected chi connectivity index (χ4v) is 4.38. The van der Waals surface area contributed by atoms with Gasteiger partial charge in [-0.2, -0.15) is 0 Å². The highest BCUT2D eigenvalue weighted by atomic mass is 32.2. The number of aryl methyl sites for hydroxylation is 1. The van der Waals surface area contributed by atoms with Crippen LogP contribution in [0.3, 0.4) is 0 Å². The van der Waals surface area contributed by atoms with Crippen molar-refractivity contribution in [1.82, 2.24) is 5.32 Å². The van der Waals surface area contributed by atoms with Gasteiger partial charge in [-0.1, -0.05) is 39.0 Å². The van der Waals surface area contributed by atoms with Gasteiger partial charge in [-0.05, 0) is 30.5 Å². The van der Waals surface area contributed by atoms with Crippen molar-refractivity contribution in [3.63, 3.8) is 0 Å². The highest BCUT2D eigenvalue weighted by Gasteiger charge is 2.36. The molecule has 0 aromatic heterocycles. The van der Waals surface area contributed by atoms with Crippen LogP contribution >= 0.6 is 0 Å². The van der Waals surface area contributed by atoms with Gasteiger partial charge in [0, 0.05) is 16.2 Å². The van der Waals surface area contributed by atoms with Crippen molar-refractivity contribution < 1.29 is 4.21 Å². The summed E-state index contributed by atoms with van der Waals surface area (Å²) >= 11 is 0. The van der Waals surface area contributed by atoms with Gasteiger partial charge in [0.1, 0.15) is 0 Å². The molecule has 0 amide bonds. The third-order valence-electron chi connectivity index (χ3n) is 3.81. The lowest BCUT2D eigenvalue weighted by atomic mass is 9.90. The minimum Gasteiger partial charge on any atom is -0.310 e. The van der Waals surface area contributed by atoms with E-state index >= 15 is 0 Å². The molecule has 0 aliphatic carbocycles. The lowest BCUT2D eigenvalue weighted by Crippen LogP contribution is -2.39. The lowest BCUT2D eigenvalue weighted by Gasteiger charge is -2.36. The molecule has 0 spiro atoms. The minimum atomic E-state index is -0.866. The second kappa shape index (κ2) is 4.91. The molecule has 0 bridgehead atoms. The first-order valence-corrected chi connectivity index (χ1v) is 7.52. The van der Waals surface area contributed by atoms with E-state index in [1.54, 1.807) is 0 Å². The third-order valence-corrected chi connectivity index (χ3v) is 5.87. The second-order valence-electron chi connectivity index (χ2n) is 4.89. The molecule has 0 saturated carbocycles. The SMILES string of the molecule is CCNC1c2cccc(C)c2S(=O)C(C)C1C. The largest absolute Gasteiger partial charge is 0.310 e. The van der Waals surface area contributed by atoms with Crippen LogP contribution in [0.25, 0.3) is 0 Å². The van der Waals surface area contributed by atoms with Crippen molar-refractivity contribution in [2.75, 3.05) is 6.54 Å². The smallest absolute Gasteiger partial charge is 0.0567 e. The molecule has 2 rings (SSSR count). The summed E-state index contributed by atoms with van der Waals surface area (Å²) < 4.78 is 12.5. The van der Waals surface area contributed by atoms with E-state index in [4.69, 9.17) is 0 Å². The number of benzene rings is 1. The third kappa shape index (κ3) is 2.06. The molecule has 0 radical (unpaired) electrons. The van der Waals surface area contributed by atoms with E-state index in [1.165, 1.54) is 5.56 Å². The summed E-state index contributed by atoms with van der Waals surface area (Å²) in [6.07, 6.45) is 0. The quantitative estimate of drug-likeness (QED) is 0.875. The Kier molecular flexibility index (Phi) is 3.69. The Hall–Kier alpha value is -0.670. The fourth-order valence-electron chi connectivity index (χ4n) is 2.65. The molecular formula is C14H21NOS. The highest BCUT2D eigenvalue weighted by Crippen LogP contribution is 2.39. The Bertz CT molecular complexity index is 444. The van der Waals surface area contributed by atoms with Crippen LogP contribution in [-0.4, -0.2) is 16.0 Å². The standard InChI is InChI=1S/C14H21NOS/c1-5-15-13-10(3)11(4)17(16)14-9(2)7-6-8-12(13)14/h6-8,10-11,13,15H,5H2,1-4H3. The van der Waals surface area contributed by atoms with E-state index in [9.17, 15) is 4.21 Å². The number of hydrogen-bond donors (Lipinski definition) is 1. The van der Waals surface area contributed by atoms with Crippen LogP contribution in [0.15, 0.2) is 23.1 Å². The van der Waals surface area contributed by atoms with Gasteiger partial charge >= 0.3 is 0 Å². The lowest BCUT2D eigenvalue weighted by molar-refractivity contribution is 0.373. The summed E-state index contributed by atoms with van der Waals surface area (Å²) in [5.74, 6) is 0.407. The van der Waals surface area contributed by atoms with Gasteiger partial charge in [0.2, 0.25) is 0 Å². The molecule has 3 heteroatoms. The Morgan fingerprint density at radius 3 is 2.71 bits per heavy atom. The van der Waals surface area contributed by atoms with Crippen LogP contribution in [0.5, 0.6) is 0 Å². The van der Waals surface area contributed by atoms with Crippen LogP contribution in [-0.2, 0) is 10.8 Å². The molecule has 4 unspecified atom stereocenters. The molecule has 0 saturated heterocycles. The number of fused-ring (bicyclic) bond motifs is 1. The molecule has 1 aliphatic heterocycles. The van der Waals surface area contributed by atoms with Gasteiger partial charge in [-0.3, -0.25) is 4.21 Å². The molecule has 1 aliphatic rings. The zero-order valence-electron chi connectivity index (χ0n) is 11.0. The number of rotatable bonds is 2. The van der Waals surface area contributed by atoms with E-state index in [1.807, 2.05) is 0 Å². The zero-order chi connectivity index (χ0) is 12.6. The summed E-state index contributed by atoms with van der Waals surface area (Å²) in [5, 5.41) is 3.75. The topological polar surface area (TPSA) is 29.1 Å². The molecule has 1 aromatic carbocycles. The summed E-state index contributed by atoms with van der Waals surface area (Å²) in [6, 6.07) is 6.58. The normalized spacial score (nSPS) is 32.2. The first-order chi connectivity index (χ1) is 8.07. The molecule has 1 heterocycles. The average Bonchev–Trinajstić information content (AvgIpc) is 2.31. The van der Waals surface area contributed by atoms with Crippen molar-refractivity contribution >= 4 is 10.8 Å². The van der Waals surface area contributed by atoms with E-state index in [2.05, 4.69) is 51.2 Å². The molecule has 94 valence electrons. The van der Waals surface area contributed by atoms with Gasteiger partial charge < -0.3 is 5.32 Å². The molecule has 17 heavy (non-hydrogen) atoms. The van der Waals surface area contributed by atoms with Gasteiger partial charge in [-0.25, -0.2) is 0 Å². The molecule has 1 N–H and O–H groups in total. The summed E-state index contributed by atoms with van der Waals surface area (Å²) in [6.45, 7) is 9.42. The van der Waals surface area contributed by atoms with Gasteiger partial charge in [-0.15, -0.1) is 0 Å². The Balaban J connectivity index is 2.56. The second-order valence-corrected chi connectivity index (χ2v) is 6.64. The summed E-state index contributed by atoms with van der Waals surface area (Å²) in [5.41, 5.74) is 2.39. The average molecular weight is 251 g/mol. The monoisotopic (exact) mass is 251 g/mol. The minimum absolute atomic E-state index is 0.215. The summed E-state index contributed by atoms with van der Waals surface area (Å²) in [4.78, 5) is 1.06. The van der Waals surface area contributed by atoms with Gasteiger partial charge in [0.15, 0.2) is 0 Å². The molecule has 1 aromatic rings. The van der Waals surface area contributed by atoms with Crippen molar-refractivity contribution in [3.05, 3.63) is 29.3 Å². The molecule has 0 fully saturated rings. The Labute approximate surface area is 106 Å².